The third-order valence-corrected chi connectivity index (χ3v) is 0. The van der Waals surface area contributed by atoms with Crippen LogP contribution < -0.4 is 0 Å². The van der Waals surface area contributed by atoms with Crippen LogP contribution in [0.1, 0.15) is 0 Å². The van der Waals surface area contributed by atoms with Crippen molar-refractivity contribution in [1.29, 1.82) is 0 Å². The molecule has 0 saturated carbocycles. The fraction of sp³-hybridized carbons (Fsp3) is 0. The summed E-state index contributed by atoms with van der Waals surface area (Å²) in [5, 5.41) is 0. The molecule has 0 heterocycles. The van der Waals surface area contributed by atoms with Gasteiger partial charge in [-0.2, -0.15) is 0 Å². The van der Waals surface area contributed by atoms with Crippen molar-refractivity contribution in [2.24, 2.45) is 0 Å². The molecule has 0 fully saturated rings. The minimum absolute atomic E-state index is 0. The van der Waals surface area contributed by atoms with E-state index in [1.165, 1.54) is 0 Å². The Morgan fingerprint density at radius 3 is 0.417 bits per heavy atom. The van der Waals surface area contributed by atoms with E-state index in [4.69, 9.17) is 23.3 Å². The Labute approximate surface area is 85.4 Å². The first kappa shape index (κ1) is 63.8. The van der Waals surface area contributed by atoms with Crippen LogP contribution in [0, 0.1) is 40.7 Å². The van der Waals surface area contributed by atoms with E-state index in [2.05, 4.69) is 33.3 Å². The molecule has 5 nitrogen and oxygen atoms in total. The van der Waals surface area contributed by atoms with E-state index < -0.39 is 0 Å². The molecule has 0 atom stereocenters. The first-order chi connectivity index (χ1) is 5.00. The summed E-state index contributed by atoms with van der Waals surface area (Å²) >= 11 is 0. The zero-order valence-corrected chi connectivity index (χ0v) is 8.88. The van der Waals surface area contributed by atoms with E-state index >= 15 is 0 Å². The third kappa shape index (κ3) is 1770. The van der Waals surface area contributed by atoms with Gasteiger partial charge < -0.3 is 7.43 Å². The van der Waals surface area contributed by atoms with Crippen LogP contribution in [-0.4, -0.2) is 0 Å². The van der Waals surface area contributed by atoms with Crippen molar-refractivity contribution >= 4 is 0 Å². The van der Waals surface area contributed by atoms with Crippen LogP contribution in [0.25, 0.3) is 0 Å². The van der Waals surface area contributed by atoms with Gasteiger partial charge in [-0.1, -0.05) is 0 Å². The van der Waals surface area contributed by atoms with Crippen molar-refractivity contribution in [2.45, 2.75) is 0 Å². The summed E-state index contributed by atoms with van der Waals surface area (Å²) in [6, 6.07) is 0. The van der Waals surface area contributed by atoms with Gasteiger partial charge in [0.15, 0.2) is 0 Å². The van der Waals surface area contributed by atoms with Crippen LogP contribution in [0.3, 0.4) is 0 Å². The molecular weight excluding hydrogens is 336 g/mol. The van der Waals surface area contributed by atoms with Crippen LogP contribution in [-0.2, 0) is 44.3 Å². The largest absolute Gasteiger partial charge is 0.358 e. The maximum atomic E-state index is 7.50. The second-order valence-electron chi connectivity index (χ2n) is 0. The fourth-order valence-electron chi connectivity index (χ4n) is 0. The molecule has 0 aromatic rings. The second kappa shape index (κ2) is 2450. The van der Waals surface area contributed by atoms with Gasteiger partial charge >= 0.3 is 56.5 Å². The van der Waals surface area contributed by atoms with Crippen molar-refractivity contribution in [3.05, 3.63) is 40.7 Å². The van der Waals surface area contributed by atoms with Gasteiger partial charge in [0.05, 0.1) is 0 Å². The van der Waals surface area contributed by atoms with Gasteiger partial charge in [0.25, 0.3) is 0 Å². The van der Waals surface area contributed by atoms with Crippen molar-refractivity contribution in [1.82, 2.24) is 0 Å². The summed E-state index contributed by atoms with van der Waals surface area (Å²) in [4.78, 5) is 0. The normalized spacial score (nSPS) is 0.833. The van der Waals surface area contributed by atoms with Gasteiger partial charge in [0.1, 0.15) is 0 Å². The zero-order valence-electron chi connectivity index (χ0n) is 5.95. The van der Waals surface area contributed by atoms with Gasteiger partial charge in [-0.25, -0.2) is 0 Å². The molecule has 0 bridgehead atoms. The van der Waals surface area contributed by atoms with E-state index in [9.17, 15) is 0 Å². The van der Waals surface area contributed by atoms with Crippen molar-refractivity contribution in [2.75, 3.05) is 0 Å². The number of rotatable bonds is 0. The Morgan fingerprint density at radius 2 is 0.417 bits per heavy atom. The molecule has 6 heteroatoms. The Balaban J connectivity index is -0.00000000500. The van der Waals surface area contributed by atoms with Gasteiger partial charge in [0, 0.05) is 21.1 Å². The number of hydrogen-bond acceptors (Lipinski definition) is 0. The first-order valence-electron chi connectivity index (χ1n) is 1.02. The smallest absolute Gasteiger partial charge is 0 e. The van der Waals surface area contributed by atoms with Gasteiger partial charge in [-0.05, 0) is 0 Å². The minimum Gasteiger partial charge on any atom is -0.358 e. The molecule has 0 aliphatic heterocycles. The first-order valence-corrected chi connectivity index (χ1v) is 1.02. The Morgan fingerprint density at radius 1 is 0.417 bits per heavy atom. The molecule has 12 heavy (non-hydrogen) atoms. The van der Waals surface area contributed by atoms with E-state index in [1.54, 1.807) is 0 Å². The molecule has 0 aliphatic rings. The predicted molar refractivity (Wildman–Crippen MR) is 26.1 cm³/mol. The molecule has 0 aromatic carbocycles. The Bertz CT molecular complexity index is 74.5. The molecule has 0 rings (SSSR count). The van der Waals surface area contributed by atoms with E-state index in [0.717, 1.165) is 0 Å². The molecule has 0 spiro atoms. The standard InChI is InChI=1S/5CO.CH3.W/c5*1-2;;/h;;;;;1H3;/q;;;;;-1;. The molecule has 0 aliphatic carbocycles. The summed E-state index contributed by atoms with van der Waals surface area (Å²) in [5.41, 5.74) is 0. The second-order valence-corrected chi connectivity index (χ2v) is 0. The molecule has 0 amide bonds. The predicted octanol–water partition coefficient (Wildman–Crippen LogP) is 0.260. The van der Waals surface area contributed by atoms with Crippen LogP contribution >= 0.6 is 0 Å². The SMILES string of the molecule is [C-]#[O+].[C-]#[O+].[C-]#[O+].[C-]#[O+].[C-]#[O+].[CH3-].[W]. The average molecular weight is 339 g/mol. The summed E-state index contributed by atoms with van der Waals surface area (Å²) in [7, 11) is 0. The molecule has 64 valence electrons. The van der Waals surface area contributed by atoms with Crippen molar-refractivity contribution < 1.29 is 44.3 Å². The summed E-state index contributed by atoms with van der Waals surface area (Å²) in [6.45, 7) is 22.5. The van der Waals surface area contributed by atoms with E-state index in [0.29, 0.717) is 0 Å². The average Bonchev–Trinajstić information content (AvgIpc) is 2.20. The number of hydrogen-bond donors (Lipinski definition) is 0. The summed E-state index contributed by atoms with van der Waals surface area (Å²) in [6.07, 6.45) is 0. The maximum Gasteiger partial charge on any atom is 0 e. The van der Waals surface area contributed by atoms with E-state index in [-0.39, 0.29) is 28.5 Å². The third-order valence-electron chi connectivity index (χ3n) is 0. The van der Waals surface area contributed by atoms with Crippen LogP contribution in [0.5, 0.6) is 0 Å². The van der Waals surface area contributed by atoms with Crippen molar-refractivity contribution in [3.63, 3.8) is 0 Å². The summed E-state index contributed by atoms with van der Waals surface area (Å²) in [5.74, 6) is 0. The minimum atomic E-state index is 0. The Hall–Kier alpha value is -0.612. The van der Waals surface area contributed by atoms with Crippen LogP contribution in [0.2, 0.25) is 0 Å². The molecule has 0 radical (unpaired) electrons. The monoisotopic (exact) mass is 339 g/mol. The van der Waals surface area contributed by atoms with E-state index in [1.807, 2.05) is 0 Å². The molecule has 0 aromatic heterocycles. The zero-order chi connectivity index (χ0) is 10.0. The van der Waals surface area contributed by atoms with Crippen molar-refractivity contribution in [3.8, 4) is 0 Å². The Kier molecular flexibility index (Phi) is 13000. The molecular formula is C6H3O5W-. The molecule has 0 saturated heterocycles. The quantitative estimate of drug-likeness (QED) is 0.447. The van der Waals surface area contributed by atoms with Gasteiger partial charge in [0.2, 0.25) is 0 Å². The summed E-state index contributed by atoms with van der Waals surface area (Å²) < 4.78 is 37.5. The van der Waals surface area contributed by atoms with Crippen LogP contribution in [0.4, 0.5) is 0 Å². The molecule has 0 N–H and O–H groups in total. The fourth-order valence-corrected chi connectivity index (χ4v) is 0. The topological polar surface area (TPSA) is 99.5 Å². The van der Waals surface area contributed by atoms with Crippen LogP contribution in [0.15, 0.2) is 0 Å². The van der Waals surface area contributed by atoms with Gasteiger partial charge in [-0.15, -0.1) is 0 Å². The van der Waals surface area contributed by atoms with Gasteiger partial charge in [-0.3, -0.25) is 0 Å². The maximum absolute atomic E-state index is 7.50. The molecule has 0 unspecified atom stereocenters.